The van der Waals surface area contributed by atoms with Crippen molar-refractivity contribution >= 4 is 34.0 Å². The maximum absolute atomic E-state index is 12.8. The van der Waals surface area contributed by atoms with Gasteiger partial charge in [0.05, 0.1) is 4.90 Å². The van der Waals surface area contributed by atoms with E-state index in [1.807, 2.05) is 0 Å². The van der Waals surface area contributed by atoms with E-state index in [2.05, 4.69) is 10.0 Å². The van der Waals surface area contributed by atoms with Gasteiger partial charge in [0.25, 0.3) is 0 Å². The molecule has 0 heterocycles. The van der Waals surface area contributed by atoms with Gasteiger partial charge in [-0.25, -0.2) is 13.1 Å². The van der Waals surface area contributed by atoms with Gasteiger partial charge >= 0.3 is 0 Å². The zero-order valence-electron chi connectivity index (χ0n) is 16.8. The third-order valence-electron chi connectivity index (χ3n) is 5.64. The van der Waals surface area contributed by atoms with Crippen LogP contribution >= 0.6 is 12.4 Å². The van der Waals surface area contributed by atoms with Crippen LogP contribution in [0, 0.1) is 17.8 Å². The Morgan fingerprint density at radius 3 is 2.32 bits per heavy atom. The second kappa shape index (κ2) is 8.69. The van der Waals surface area contributed by atoms with Crippen molar-refractivity contribution in [3.63, 3.8) is 0 Å². The molecule has 1 aromatic rings. The molecule has 8 heteroatoms. The van der Waals surface area contributed by atoms with Crippen molar-refractivity contribution in [1.29, 1.82) is 0 Å². The molecule has 2 fully saturated rings. The van der Waals surface area contributed by atoms with E-state index in [9.17, 15) is 13.2 Å². The number of nitrogens with two attached hydrogens (primary N) is 1. The first-order valence-electron chi connectivity index (χ1n) is 9.76. The van der Waals surface area contributed by atoms with Crippen molar-refractivity contribution in [2.24, 2.45) is 23.5 Å². The Balaban J connectivity index is 0.00000280. The van der Waals surface area contributed by atoms with E-state index >= 15 is 0 Å². The number of rotatable bonds is 4. The number of nitrogens with one attached hydrogen (secondary N) is 2. The fourth-order valence-electron chi connectivity index (χ4n) is 4.45. The molecule has 0 aliphatic heterocycles. The van der Waals surface area contributed by atoms with Gasteiger partial charge in [0.15, 0.2) is 0 Å². The van der Waals surface area contributed by atoms with Gasteiger partial charge in [-0.2, -0.15) is 0 Å². The maximum Gasteiger partial charge on any atom is 0.241 e. The lowest BCUT2D eigenvalue weighted by atomic mass is 9.65. The minimum absolute atomic E-state index is 0. The van der Waals surface area contributed by atoms with Crippen LogP contribution in [0.1, 0.15) is 52.9 Å². The molecule has 2 aliphatic carbocycles. The lowest BCUT2D eigenvalue weighted by Crippen LogP contribution is -2.48. The third kappa shape index (κ3) is 5.47. The van der Waals surface area contributed by atoms with Crippen molar-refractivity contribution in [3.8, 4) is 0 Å². The normalized spacial score (nSPS) is 27.6. The van der Waals surface area contributed by atoms with E-state index in [4.69, 9.17) is 5.73 Å². The number of benzene rings is 1. The van der Waals surface area contributed by atoms with Crippen LogP contribution in [-0.2, 0) is 14.8 Å². The molecule has 2 bridgehead atoms. The molecule has 6 nitrogen and oxygen atoms in total. The second-order valence-corrected chi connectivity index (χ2v) is 10.8. The van der Waals surface area contributed by atoms with Gasteiger partial charge in [-0.15, -0.1) is 12.4 Å². The first-order valence-corrected chi connectivity index (χ1v) is 11.2. The molecule has 28 heavy (non-hydrogen) atoms. The van der Waals surface area contributed by atoms with E-state index in [-0.39, 0.29) is 35.2 Å². The van der Waals surface area contributed by atoms with Crippen LogP contribution in [0.5, 0.6) is 0 Å². The minimum Gasteiger partial charge on any atom is -0.327 e. The number of hydrogen-bond acceptors (Lipinski definition) is 4. The molecule has 158 valence electrons. The Hall–Kier alpha value is -1.15. The molecule has 0 spiro atoms. The zero-order valence-corrected chi connectivity index (χ0v) is 18.4. The van der Waals surface area contributed by atoms with Crippen LogP contribution in [-0.4, -0.2) is 25.9 Å². The summed E-state index contributed by atoms with van der Waals surface area (Å²) in [5.74, 6) is 0.775. The fraction of sp³-hybridized carbons (Fsp3) is 0.650. The topological polar surface area (TPSA) is 101 Å². The van der Waals surface area contributed by atoms with Gasteiger partial charge in [0, 0.05) is 23.2 Å². The highest BCUT2D eigenvalue weighted by Crippen LogP contribution is 2.42. The largest absolute Gasteiger partial charge is 0.327 e. The molecule has 3 rings (SSSR count). The standard InChI is InChI=1S/C20H31N3O3S.ClH/c1-20(2,3)23-27(25,26)17-9-5-8-16(12-17)22-19(24)15-10-13-6-4-7-14(11-15)18(13)21;/h5,8-9,12-15,18,23H,4,6-7,10-11,21H2,1-3H3,(H,22,24);1H. The Morgan fingerprint density at radius 1 is 1.14 bits per heavy atom. The van der Waals surface area contributed by atoms with E-state index in [0.29, 0.717) is 17.5 Å². The molecular weight excluding hydrogens is 398 g/mol. The van der Waals surface area contributed by atoms with Crippen LogP contribution in [0.25, 0.3) is 0 Å². The van der Waals surface area contributed by atoms with E-state index < -0.39 is 15.6 Å². The molecule has 1 amide bonds. The highest BCUT2D eigenvalue weighted by Gasteiger charge is 2.40. The molecule has 2 aliphatic rings. The quantitative estimate of drug-likeness (QED) is 0.683. The number of carbonyl (C=O) groups excluding carboxylic acids is 1. The molecule has 2 atom stereocenters. The van der Waals surface area contributed by atoms with Crippen LogP contribution in [0.4, 0.5) is 5.69 Å². The summed E-state index contributed by atoms with van der Waals surface area (Å²) in [5.41, 5.74) is 6.25. The van der Waals surface area contributed by atoms with Gasteiger partial charge in [0.1, 0.15) is 0 Å². The summed E-state index contributed by atoms with van der Waals surface area (Å²) < 4.78 is 27.7. The molecular formula is C20H32ClN3O3S. The first-order chi connectivity index (χ1) is 12.5. The van der Waals surface area contributed by atoms with Crippen molar-refractivity contribution in [3.05, 3.63) is 24.3 Å². The molecule has 0 aromatic heterocycles. The van der Waals surface area contributed by atoms with Crippen molar-refractivity contribution in [1.82, 2.24) is 4.72 Å². The molecule has 0 radical (unpaired) electrons. The van der Waals surface area contributed by atoms with Gasteiger partial charge < -0.3 is 11.1 Å². The summed E-state index contributed by atoms with van der Waals surface area (Å²) in [5, 5.41) is 2.92. The highest BCUT2D eigenvalue weighted by atomic mass is 35.5. The Labute approximate surface area is 174 Å². The predicted molar refractivity (Wildman–Crippen MR) is 114 cm³/mol. The lowest BCUT2D eigenvalue weighted by molar-refractivity contribution is -0.122. The number of anilines is 1. The number of halogens is 1. The monoisotopic (exact) mass is 429 g/mol. The fourth-order valence-corrected chi connectivity index (χ4v) is 5.91. The van der Waals surface area contributed by atoms with E-state index in [0.717, 1.165) is 25.7 Å². The summed E-state index contributed by atoms with van der Waals surface area (Å²) >= 11 is 0. The van der Waals surface area contributed by atoms with Crippen LogP contribution in [0.3, 0.4) is 0 Å². The summed E-state index contributed by atoms with van der Waals surface area (Å²) in [7, 11) is -3.64. The predicted octanol–water partition coefficient (Wildman–Crippen LogP) is 3.28. The Bertz CT molecular complexity index is 793. The Morgan fingerprint density at radius 2 is 1.75 bits per heavy atom. The van der Waals surface area contributed by atoms with E-state index in [1.54, 1.807) is 32.9 Å². The second-order valence-electron chi connectivity index (χ2n) is 9.07. The van der Waals surface area contributed by atoms with Crippen LogP contribution < -0.4 is 15.8 Å². The molecule has 4 N–H and O–H groups in total. The van der Waals surface area contributed by atoms with Crippen molar-refractivity contribution < 1.29 is 13.2 Å². The van der Waals surface area contributed by atoms with Gasteiger partial charge in [-0.3, -0.25) is 4.79 Å². The SMILES string of the molecule is CC(C)(C)NS(=O)(=O)c1cccc(NC(=O)C2CC3CCCC(C2)C3N)c1.Cl. The summed E-state index contributed by atoms with van der Waals surface area (Å²) in [6, 6.07) is 6.65. The van der Waals surface area contributed by atoms with Crippen LogP contribution in [0.2, 0.25) is 0 Å². The van der Waals surface area contributed by atoms with E-state index in [1.165, 1.54) is 18.6 Å². The number of hydrogen-bond donors (Lipinski definition) is 3. The van der Waals surface area contributed by atoms with Gasteiger partial charge in [0.2, 0.25) is 15.9 Å². The first kappa shape index (κ1) is 23.1. The van der Waals surface area contributed by atoms with Crippen molar-refractivity contribution in [2.45, 2.75) is 69.4 Å². The average Bonchev–Trinajstić information content (AvgIpc) is 2.52. The smallest absolute Gasteiger partial charge is 0.241 e. The van der Waals surface area contributed by atoms with Gasteiger partial charge in [-0.05, 0) is 76.5 Å². The maximum atomic E-state index is 12.8. The number of amides is 1. The summed E-state index contributed by atoms with van der Waals surface area (Å²) in [6.07, 6.45) is 5.07. The zero-order chi connectivity index (χ0) is 19.8. The summed E-state index contributed by atoms with van der Waals surface area (Å²) in [4.78, 5) is 12.9. The number of sulfonamides is 1. The number of carbonyl (C=O) groups is 1. The lowest BCUT2D eigenvalue weighted by Gasteiger charge is -2.43. The molecule has 2 unspecified atom stereocenters. The molecule has 0 saturated heterocycles. The molecule has 1 aromatic carbocycles. The van der Waals surface area contributed by atoms with Crippen molar-refractivity contribution in [2.75, 3.05) is 5.32 Å². The average molecular weight is 430 g/mol. The van der Waals surface area contributed by atoms with Gasteiger partial charge in [-0.1, -0.05) is 12.5 Å². The molecule has 2 saturated carbocycles. The minimum atomic E-state index is -3.64. The highest BCUT2D eigenvalue weighted by molar-refractivity contribution is 7.89. The Kier molecular flexibility index (Phi) is 7.18. The summed E-state index contributed by atoms with van der Waals surface area (Å²) in [6.45, 7) is 5.38. The van der Waals surface area contributed by atoms with Crippen LogP contribution in [0.15, 0.2) is 29.2 Å². The number of fused-ring (bicyclic) bond motifs is 2. The third-order valence-corrected chi connectivity index (χ3v) is 7.39.